The quantitative estimate of drug-likeness (QED) is 0.648. The number of anilines is 1. The van der Waals surface area contributed by atoms with Crippen LogP contribution in [0.5, 0.6) is 5.75 Å². The van der Waals surface area contributed by atoms with E-state index in [1.165, 1.54) is 6.92 Å². The number of hydrogen-bond donors (Lipinski definition) is 1. The lowest BCUT2D eigenvalue weighted by atomic mass is 9.98. The molecular weight excluding hydrogens is 330 g/mol. The van der Waals surface area contributed by atoms with Crippen LogP contribution in [0.1, 0.15) is 40.1 Å². The van der Waals surface area contributed by atoms with Gasteiger partial charge in [-0.1, -0.05) is 11.6 Å². The fourth-order valence-corrected chi connectivity index (χ4v) is 2.74. The van der Waals surface area contributed by atoms with Gasteiger partial charge in [0, 0.05) is 24.1 Å². The molecule has 1 aliphatic rings. The smallest absolute Gasteiger partial charge is 0.232 e. The summed E-state index contributed by atoms with van der Waals surface area (Å²) in [6.45, 7) is 5.72. The number of rotatable bonds is 5. The molecular formula is C21H21NO4. The van der Waals surface area contributed by atoms with Crippen LogP contribution < -0.4 is 10.1 Å². The summed E-state index contributed by atoms with van der Waals surface area (Å²) in [5, 5.41) is 3.09. The van der Waals surface area contributed by atoms with Crippen molar-refractivity contribution in [1.82, 2.24) is 0 Å². The molecule has 2 aromatic rings. The van der Waals surface area contributed by atoms with Crippen LogP contribution in [0.4, 0.5) is 5.69 Å². The second kappa shape index (κ2) is 7.54. The van der Waals surface area contributed by atoms with Crippen molar-refractivity contribution in [3.63, 3.8) is 0 Å². The fourth-order valence-electron chi connectivity index (χ4n) is 2.74. The number of aryl methyl sites for hydroxylation is 1. The summed E-state index contributed by atoms with van der Waals surface area (Å²) >= 11 is 0. The number of carbonyl (C=O) groups excluding carboxylic acids is 2. The van der Waals surface area contributed by atoms with E-state index in [2.05, 4.69) is 5.32 Å². The van der Waals surface area contributed by atoms with Gasteiger partial charge in [-0.2, -0.15) is 0 Å². The Kier molecular flexibility index (Phi) is 5.19. The van der Waals surface area contributed by atoms with Gasteiger partial charge in [0.05, 0.1) is 11.1 Å². The number of nitrogens with one attached hydrogen (secondary N) is 1. The molecule has 0 spiro atoms. The van der Waals surface area contributed by atoms with Gasteiger partial charge >= 0.3 is 0 Å². The lowest BCUT2D eigenvalue weighted by molar-refractivity contribution is -0.0509. The van der Waals surface area contributed by atoms with E-state index in [4.69, 9.17) is 9.47 Å². The molecule has 0 bridgehead atoms. The minimum Gasteiger partial charge on any atom is -0.460 e. The highest BCUT2D eigenvalue weighted by molar-refractivity contribution is 6.12. The van der Waals surface area contributed by atoms with Crippen molar-refractivity contribution < 1.29 is 19.1 Å². The number of hydrogen-bond acceptors (Lipinski definition) is 5. The molecule has 1 aliphatic heterocycles. The Morgan fingerprint density at radius 3 is 2.62 bits per heavy atom. The predicted octanol–water partition coefficient (Wildman–Crippen LogP) is 4.13. The highest BCUT2D eigenvalue weighted by atomic mass is 16.7. The van der Waals surface area contributed by atoms with Crippen molar-refractivity contribution in [3.05, 3.63) is 70.9 Å². The summed E-state index contributed by atoms with van der Waals surface area (Å²) in [5.41, 5.74) is 3.32. The Hall–Kier alpha value is -2.92. The van der Waals surface area contributed by atoms with Gasteiger partial charge in [0.1, 0.15) is 5.75 Å². The van der Waals surface area contributed by atoms with Crippen LogP contribution in [0.15, 0.2) is 54.2 Å². The summed E-state index contributed by atoms with van der Waals surface area (Å²) in [6, 6.07) is 12.6. The zero-order chi connectivity index (χ0) is 18.7. The zero-order valence-corrected chi connectivity index (χ0v) is 15.0. The maximum atomic E-state index is 12.9. The number of fused-ring (bicyclic) bond motifs is 1. The average Bonchev–Trinajstić information content (AvgIpc) is 2.63. The van der Waals surface area contributed by atoms with Crippen LogP contribution >= 0.6 is 0 Å². The van der Waals surface area contributed by atoms with E-state index < -0.39 is 6.29 Å². The molecule has 3 rings (SSSR count). The summed E-state index contributed by atoms with van der Waals surface area (Å²) < 4.78 is 11.4. The van der Waals surface area contributed by atoms with Crippen LogP contribution in [-0.4, -0.2) is 24.5 Å². The van der Waals surface area contributed by atoms with Crippen LogP contribution in [0.25, 0.3) is 0 Å². The molecule has 134 valence electrons. The molecule has 0 amide bonds. The maximum Gasteiger partial charge on any atom is 0.232 e. The molecule has 1 atom stereocenters. The van der Waals surface area contributed by atoms with E-state index in [1.54, 1.807) is 36.5 Å². The largest absolute Gasteiger partial charge is 0.460 e. The van der Waals surface area contributed by atoms with Crippen molar-refractivity contribution in [1.29, 1.82) is 0 Å². The van der Waals surface area contributed by atoms with E-state index >= 15 is 0 Å². The van der Waals surface area contributed by atoms with Crippen molar-refractivity contribution in [2.24, 2.45) is 0 Å². The molecule has 0 fully saturated rings. The monoisotopic (exact) mass is 351 g/mol. The lowest BCUT2D eigenvalue weighted by Gasteiger charge is -2.27. The third-order valence-electron chi connectivity index (χ3n) is 4.13. The second-order valence-electron chi connectivity index (χ2n) is 6.11. The Labute approximate surface area is 152 Å². The number of carbonyl (C=O) groups is 2. The summed E-state index contributed by atoms with van der Waals surface area (Å²) in [4.78, 5) is 24.3. The summed E-state index contributed by atoms with van der Waals surface area (Å²) in [7, 11) is 0. The zero-order valence-electron chi connectivity index (χ0n) is 15.0. The average molecular weight is 351 g/mol. The Bertz CT molecular complexity index is 868. The molecule has 5 heteroatoms. The summed E-state index contributed by atoms with van der Waals surface area (Å²) in [5.74, 6) is 0.414. The highest BCUT2D eigenvalue weighted by Crippen LogP contribution is 2.32. The minimum absolute atomic E-state index is 0.00847. The van der Waals surface area contributed by atoms with Gasteiger partial charge < -0.3 is 14.8 Å². The van der Waals surface area contributed by atoms with E-state index in [0.29, 0.717) is 29.1 Å². The SMILES string of the molecule is CCO[C@H]1Oc2ccc(C)cc2C(=O)/C1=C/Nc1ccc(C(C)=O)cc1. The van der Waals surface area contributed by atoms with Crippen LogP contribution in [0.3, 0.4) is 0 Å². The molecule has 1 heterocycles. The highest BCUT2D eigenvalue weighted by Gasteiger charge is 2.32. The van der Waals surface area contributed by atoms with Gasteiger partial charge in [0.25, 0.3) is 0 Å². The number of benzene rings is 2. The molecule has 0 saturated carbocycles. The van der Waals surface area contributed by atoms with Crippen molar-refractivity contribution >= 4 is 17.3 Å². The molecule has 0 aromatic heterocycles. The molecule has 0 unspecified atom stereocenters. The molecule has 2 aromatic carbocycles. The Morgan fingerprint density at radius 1 is 1.23 bits per heavy atom. The first kappa shape index (κ1) is 17.9. The predicted molar refractivity (Wildman–Crippen MR) is 99.7 cm³/mol. The molecule has 5 nitrogen and oxygen atoms in total. The van der Waals surface area contributed by atoms with Gasteiger partial charge in [-0.15, -0.1) is 0 Å². The second-order valence-corrected chi connectivity index (χ2v) is 6.11. The van der Waals surface area contributed by atoms with Crippen molar-refractivity contribution in [2.45, 2.75) is 27.1 Å². The van der Waals surface area contributed by atoms with E-state index in [1.807, 2.05) is 26.0 Å². The standard InChI is InChI=1S/C21H21NO4/c1-4-25-21-18(12-22-16-8-6-15(7-9-16)14(3)23)20(24)17-11-13(2)5-10-19(17)26-21/h5-12,21-22H,4H2,1-3H3/b18-12-/t21-/m0/s1. The first-order valence-electron chi connectivity index (χ1n) is 8.50. The number of ether oxygens (including phenoxy) is 2. The van der Waals surface area contributed by atoms with E-state index in [9.17, 15) is 9.59 Å². The topological polar surface area (TPSA) is 64.6 Å². The Balaban J connectivity index is 1.88. The van der Waals surface area contributed by atoms with E-state index in [0.717, 1.165) is 11.3 Å². The van der Waals surface area contributed by atoms with E-state index in [-0.39, 0.29) is 11.6 Å². The third-order valence-corrected chi connectivity index (χ3v) is 4.13. The molecule has 0 aliphatic carbocycles. The van der Waals surface area contributed by atoms with Gasteiger partial charge in [0.2, 0.25) is 6.29 Å². The van der Waals surface area contributed by atoms with Crippen LogP contribution in [0, 0.1) is 6.92 Å². The molecule has 26 heavy (non-hydrogen) atoms. The van der Waals surface area contributed by atoms with Gasteiger partial charge in [0.15, 0.2) is 11.6 Å². The minimum atomic E-state index is -0.758. The molecule has 0 saturated heterocycles. The normalized spacial score (nSPS) is 17.6. The van der Waals surface area contributed by atoms with Crippen molar-refractivity contribution in [2.75, 3.05) is 11.9 Å². The van der Waals surface area contributed by atoms with Gasteiger partial charge in [-0.05, 0) is 57.2 Å². The summed E-state index contributed by atoms with van der Waals surface area (Å²) in [6.07, 6.45) is 0.850. The third kappa shape index (κ3) is 3.68. The maximum absolute atomic E-state index is 12.9. The Morgan fingerprint density at radius 2 is 1.96 bits per heavy atom. The van der Waals surface area contributed by atoms with Crippen LogP contribution in [0.2, 0.25) is 0 Å². The molecule has 0 radical (unpaired) electrons. The first-order valence-corrected chi connectivity index (χ1v) is 8.50. The first-order chi connectivity index (χ1) is 12.5. The van der Waals surface area contributed by atoms with Gasteiger partial charge in [-0.3, -0.25) is 9.59 Å². The van der Waals surface area contributed by atoms with Crippen LogP contribution in [-0.2, 0) is 4.74 Å². The number of Topliss-reactive ketones (excluding diaryl/α,β-unsaturated/α-hetero) is 2. The fraction of sp³-hybridized carbons (Fsp3) is 0.238. The number of ketones is 2. The van der Waals surface area contributed by atoms with Crippen molar-refractivity contribution in [3.8, 4) is 5.75 Å². The lowest BCUT2D eigenvalue weighted by Crippen LogP contribution is -2.33. The van der Waals surface area contributed by atoms with Gasteiger partial charge in [-0.25, -0.2) is 0 Å². The molecule has 1 N–H and O–H groups in total.